The lowest BCUT2D eigenvalue weighted by atomic mass is 9.97. The number of aromatic amines is 1. The molecule has 3 N–H and O–H groups in total. The third-order valence-electron chi connectivity index (χ3n) is 6.15. The van der Waals surface area contributed by atoms with Crippen LogP contribution in [0.1, 0.15) is 45.7 Å². The Morgan fingerprint density at radius 3 is 2.77 bits per heavy atom. The van der Waals surface area contributed by atoms with Crippen LogP contribution in [0.15, 0.2) is 18.2 Å². The van der Waals surface area contributed by atoms with Gasteiger partial charge in [-0.3, -0.25) is 9.59 Å². The van der Waals surface area contributed by atoms with Crippen LogP contribution in [-0.2, 0) is 4.79 Å². The standard InChI is InChI=1S/C23H27FN4O2/c1-13-20(11-18-17-10-16(24)4-5-19(17)27-22(18)29)26-14(2)21(13)23(30)25-12-15-6-8-28(3)9-7-15/h4-5,10-11,15,26H,6-9,12H2,1-3H3,(H,25,30)(H,27,29)/b18-11-. The normalized spacial score (nSPS) is 18.5. The van der Waals surface area contributed by atoms with Crippen molar-refractivity contribution in [2.45, 2.75) is 26.7 Å². The monoisotopic (exact) mass is 410 g/mol. The second-order valence-corrected chi connectivity index (χ2v) is 8.32. The molecule has 4 rings (SSSR count). The van der Waals surface area contributed by atoms with Gasteiger partial charge < -0.3 is 20.5 Å². The first-order valence-corrected chi connectivity index (χ1v) is 10.3. The van der Waals surface area contributed by atoms with E-state index < -0.39 is 5.82 Å². The van der Waals surface area contributed by atoms with Crippen LogP contribution in [0.25, 0.3) is 11.6 Å². The van der Waals surface area contributed by atoms with E-state index in [1.807, 2.05) is 13.8 Å². The average molecular weight is 410 g/mol. The Labute approximate surface area is 175 Å². The van der Waals surface area contributed by atoms with Gasteiger partial charge in [-0.05, 0) is 82.6 Å². The molecule has 0 atom stereocenters. The molecule has 2 amide bonds. The number of carbonyl (C=O) groups excluding carboxylic acids is 2. The van der Waals surface area contributed by atoms with Crippen molar-refractivity contribution in [2.75, 3.05) is 32.0 Å². The maximum absolute atomic E-state index is 13.7. The minimum atomic E-state index is -0.399. The molecular formula is C23H27FN4O2. The zero-order chi connectivity index (χ0) is 21.4. The number of likely N-dealkylation sites (tertiary alicyclic amines) is 1. The Hall–Kier alpha value is -2.93. The van der Waals surface area contributed by atoms with Crippen LogP contribution < -0.4 is 10.6 Å². The van der Waals surface area contributed by atoms with Crippen LogP contribution in [0.3, 0.4) is 0 Å². The number of aryl methyl sites for hydroxylation is 1. The average Bonchev–Trinajstić information content (AvgIpc) is 3.17. The summed E-state index contributed by atoms with van der Waals surface area (Å²) in [6.45, 7) is 6.50. The van der Waals surface area contributed by atoms with Gasteiger partial charge in [-0.1, -0.05) is 0 Å². The van der Waals surface area contributed by atoms with E-state index in [4.69, 9.17) is 0 Å². The summed E-state index contributed by atoms with van der Waals surface area (Å²) in [4.78, 5) is 30.8. The molecule has 1 saturated heterocycles. The molecule has 1 fully saturated rings. The van der Waals surface area contributed by atoms with E-state index in [-0.39, 0.29) is 11.8 Å². The highest BCUT2D eigenvalue weighted by Crippen LogP contribution is 2.34. The van der Waals surface area contributed by atoms with Gasteiger partial charge in [0.05, 0.1) is 11.1 Å². The first-order chi connectivity index (χ1) is 14.3. The second-order valence-electron chi connectivity index (χ2n) is 8.32. The third kappa shape index (κ3) is 3.89. The number of hydrogen-bond acceptors (Lipinski definition) is 3. The molecule has 7 heteroatoms. The molecule has 158 valence electrons. The van der Waals surface area contributed by atoms with Crippen molar-refractivity contribution in [1.82, 2.24) is 15.2 Å². The number of rotatable bonds is 4. The SMILES string of the molecule is Cc1[nH]c(/C=C2\C(=O)Nc3ccc(F)cc32)c(C)c1C(=O)NCC1CCN(C)CC1. The Morgan fingerprint density at radius 2 is 2.03 bits per heavy atom. The van der Waals surface area contributed by atoms with Gasteiger partial charge in [0.15, 0.2) is 0 Å². The number of H-pyrrole nitrogens is 1. The van der Waals surface area contributed by atoms with Gasteiger partial charge in [0.25, 0.3) is 11.8 Å². The van der Waals surface area contributed by atoms with Crippen molar-refractivity contribution in [3.63, 3.8) is 0 Å². The highest BCUT2D eigenvalue weighted by molar-refractivity contribution is 6.34. The first kappa shape index (κ1) is 20.3. The highest BCUT2D eigenvalue weighted by atomic mass is 19.1. The van der Waals surface area contributed by atoms with Crippen molar-refractivity contribution in [3.8, 4) is 0 Å². The van der Waals surface area contributed by atoms with Gasteiger partial charge in [0.2, 0.25) is 0 Å². The van der Waals surface area contributed by atoms with Crippen molar-refractivity contribution in [2.24, 2.45) is 5.92 Å². The zero-order valence-corrected chi connectivity index (χ0v) is 17.6. The molecule has 1 aromatic carbocycles. The van der Waals surface area contributed by atoms with Crippen molar-refractivity contribution in [3.05, 3.63) is 52.1 Å². The van der Waals surface area contributed by atoms with E-state index >= 15 is 0 Å². The van der Waals surface area contributed by atoms with Gasteiger partial charge in [0, 0.05) is 29.2 Å². The summed E-state index contributed by atoms with van der Waals surface area (Å²) in [5, 5.41) is 5.82. The second kappa shape index (κ2) is 8.07. The van der Waals surface area contributed by atoms with E-state index in [1.54, 1.807) is 12.1 Å². The highest BCUT2D eigenvalue weighted by Gasteiger charge is 2.26. The molecule has 30 heavy (non-hydrogen) atoms. The summed E-state index contributed by atoms with van der Waals surface area (Å²) in [7, 11) is 2.12. The molecule has 0 spiro atoms. The Morgan fingerprint density at radius 1 is 1.30 bits per heavy atom. The lowest BCUT2D eigenvalue weighted by Gasteiger charge is -2.28. The van der Waals surface area contributed by atoms with Crippen LogP contribution in [0.2, 0.25) is 0 Å². The summed E-state index contributed by atoms with van der Waals surface area (Å²) < 4.78 is 13.7. The largest absolute Gasteiger partial charge is 0.358 e. The Balaban J connectivity index is 1.54. The van der Waals surface area contributed by atoms with E-state index in [2.05, 4.69) is 27.6 Å². The number of benzene rings is 1. The van der Waals surface area contributed by atoms with Gasteiger partial charge >= 0.3 is 0 Å². The van der Waals surface area contributed by atoms with E-state index in [0.717, 1.165) is 37.2 Å². The lowest BCUT2D eigenvalue weighted by Crippen LogP contribution is -2.37. The fourth-order valence-corrected chi connectivity index (χ4v) is 4.30. The minimum absolute atomic E-state index is 0.104. The van der Waals surface area contributed by atoms with Crippen LogP contribution in [0, 0.1) is 25.6 Å². The van der Waals surface area contributed by atoms with E-state index in [0.29, 0.717) is 40.5 Å². The van der Waals surface area contributed by atoms with E-state index in [9.17, 15) is 14.0 Å². The van der Waals surface area contributed by atoms with Gasteiger partial charge in [-0.15, -0.1) is 0 Å². The quantitative estimate of drug-likeness (QED) is 0.677. The van der Waals surface area contributed by atoms with Crippen LogP contribution >= 0.6 is 0 Å². The number of amides is 2. The summed E-state index contributed by atoms with van der Waals surface area (Å²) in [5.41, 5.74) is 4.31. The predicted molar refractivity (Wildman–Crippen MR) is 116 cm³/mol. The molecule has 2 aliphatic heterocycles. The molecule has 0 radical (unpaired) electrons. The molecule has 0 aliphatic carbocycles. The molecule has 6 nitrogen and oxygen atoms in total. The number of piperidine rings is 1. The molecule has 2 aromatic rings. The van der Waals surface area contributed by atoms with Crippen LogP contribution in [0.4, 0.5) is 10.1 Å². The number of nitrogens with one attached hydrogen (secondary N) is 3. The summed E-state index contributed by atoms with van der Waals surface area (Å²) in [5.74, 6) is -0.285. The predicted octanol–water partition coefficient (Wildman–Crippen LogP) is 3.33. The lowest BCUT2D eigenvalue weighted by molar-refractivity contribution is -0.110. The van der Waals surface area contributed by atoms with Gasteiger partial charge in [0.1, 0.15) is 5.82 Å². The summed E-state index contributed by atoms with van der Waals surface area (Å²) in [6, 6.07) is 4.22. The smallest absolute Gasteiger partial charge is 0.256 e. The van der Waals surface area contributed by atoms with Crippen LogP contribution in [0.5, 0.6) is 0 Å². The summed E-state index contributed by atoms with van der Waals surface area (Å²) >= 11 is 0. The van der Waals surface area contributed by atoms with Crippen LogP contribution in [-0.4, -0.2) is 48.4 Å². The van der Waals surface area contributed by atoms with Crippen molar-refractivity contribution in [1.29, 1.82) is 0 Å². The minimum Gasteiger partial charge on any atom is -0.358 e. The molecule has 3 heterocycles. The Kier molecular flexibility index (Phi) is 5.47. The van der Waals surface area contributed by atoms with Crippen molar-refractivity contribution < 1.29 is 14.0 Å². The third-order valence-corrected chi connectivity index (χ3v) is 6.15. The van der Waals surface area contributed by atoms with Gasteiger partial charge in [-0.2, -0.15) is 0 Å². The number of nitrogens with zero attached hydrogens (tertiary/aromatic N) is 1. The number of aromatic nitrogens is 1. The topological polar surface area (TPSA) is 77.2 Å². The molecular weight excluding hydrogens is 383 g/mol. The molecule has 0 saturated carbocycles. The summed E-state index contributed by atoms with van der Waals surface area (Å²) in [6.07, 6.45) is 3.87. The molecule has 0 unspecified atom stereocenters. The number of fused-ring (bicyclic) bond motifs is 1. The van der Waals surface area contributed by atoms with Crippen molar-refractivity contribution >= 4 is 29.2 Å². The van der Waals surface area contributed by atoms with E-state index in [1.165, 1.54) is 12.1 Å². The fourth-order valence-electron chi connectivity index (χ4n) is 4.30. The zero-order valence-electron chi connectivity index (χ0n) is 17.6. The Bertz CT molecular complexity index is 1030. The first-order valence-electron chi connectivity index (χ1n) is 10.3. The number of anilines is 1. The molecule has 2 aliphatic rings. The maximum Gasteiger partial charge on any atom is 0.256 e. The number of carbonyl (C=O) groups is 2. The fraction of sp³-hybridized carbons (Fsp3) is 0.391. The number of hydrogen-bond donors (Lipinski definition) is 3. The molecule has 0 bridgehead atoms. The molecule has 1 aromatic heterocycles. The maximum atomic E-state index is 13.7. The van der Waals surface area contributed by atoms with Gasteiger partial charge in [-0.25, -0.2) is 4.39 Å². The number of halogens is 1.